The lowest BCUT2D eigenvalue weighted by atomic mass is 9.91. The van der Waals surface area contributed by atoms with Crippen LogP contribution in [-0.2, 0) is 14.8 Å². The first-order valence-electron chi connectivity index (χ1n) is 19.2. The maximum absolute atomic E-state index is 13.0. The molecule has 1 aliphatic carbocycles. The number of aromatic hydroxyl groups is 2. The summed E-state index contributed by atoms with van der Waals surface area (Å²) < 4.78 is 25.2. The van der Waals surface area contributed by atoms with Crippen LogP contribution in [0.25, 0.3) is 11.2 Å². The van der Waals surface area contributed by atoms with E-state index in [0.29, 0.717) is 29.9 Å². The maximum atomic E-state index is 13.0. The lowest BCUT2D eigenvalue weighted by molar-refractivity contribution is -0.130. The summed E-state index contributed by atoms with van der Waals surface area (Å²) in [5.74, 6) is -0.0275. The number of aliphatic hydroxyl groups is 2. The third-order valence-electron chi connectivity index (χ3n) is 11.2. The number of primary sulfonamides is 1. The van der Waals surface area contributed by atoms with E-state index >= 15 is 0 Å². The summed E-state index contributed by atoms with van der Waals surface area (Å²) in [6.45, 7) is 2.51. The Morgan fingerprint density at radius 1 is 0.967 bits per heavy atom. The van der Waals surface area contributed by atoms with Crippen LogP contribution in [0, 0.1) is 0 Å². The number of nitrogens with one attached hydrogen (secondary N) is 4. The lowest BCUT2D eigenvalue weighted by Gasteiger charge is -2.24. The van der Waals surface area contributed by atoms with Crippen molar-refractivity contribution in [3.05, 3.63) is 90.3 Å². The van der Waals surface area contributed by atoms with Crippen LogP contribution >= 0.6 is 0 Å². The number of imidazole rings is 1. The van der Waals surface area contributed by atoms with Crippen LogP contribution in [-0.4, -0.2) is 121 Å². The Kier molecular flexibility index (Phi) is 10.7. The Bertz CT molecular complexity index is 2510. The molecule has 3 aliphatic rings. The molecular formula is C39H43N11O9S. The zero-order valence-corrected chi connectivity index (χ0v) is 32.9. The summed E-state index contributed by atoms with van der Waals surface area (Å²) in [6, 6.07) is 14.8. The van der Waals surface area contributed by atoms with Crippen molar-refractivity contribution in [3.8, 4) is 11.5 Å². The first-order valence-corrected chi connectivity index (χ1v) is 20.7. The summed E-state index contributed by atoms with van der Waals surface area (Å²) in [4.78, 5) is 55.8. The summed E-state index contributed by atoms with van der Waals surface area (Å²) in [5.41, 5.74) is 2.57. The van der Waals surface area contributed by atoms with Crippen LogP contribution in [0.2, 0.25) is 0 Å². The fraction of sp³-hybridized carbons (Fsp3) is 0.333. The molecular weight excluding hydrogens is 799 g/mol. The predicted molar refractivity (Wildman–Crippen MR) is 217 cm³/mol. The Balaban J connectivity index is 1.10. The quantitative estimate of drug-likeness (QED) is 0.0853. The van der Waals surface area contributed by atoms with E-state index in [0.717, 1.165) is 16.0 Å². The van der Waals surface area contributed by atoms with Crippen LogP contribution in [0.4, 0.5) is 27.0 Å². The number of aromatic nitrogens is 4. The number of rotatable bonds is 11. The second-order valence-corrected chi connectivity index (χ2v) is 16.7. The van der Waals surface area contributed by atoms with Crippen LogP contribution in [0.1, 0.15) is 42.9 Å². The molecule has 1 saturated carbocycles. The second-order valence-electron chi connectivity index (χ2n) is 15.1. The highest BCUT2D eigenvalue weighted by Gasteiger charge is 2.51. The first-order chi connectivity index (χ1) is 28.6. The summed E-state index contributed by atoms with van der Waals surface area (Å²) in [7, 11) is -3.98. The van der Waals surface area contributed by atoms with Crippen molar-refractivity contribution in [2.75, 3.05) is 35.2 Å². The summed E-state index contributed by atoms with van der Waals surface area (Å²) in [6.07, 6.45) is -0.890. The fourth-order valence-electron chi connectivity index (χ4n) is 8.07. The monoisotopic (exact) mass is 841 g/mol. The van der Waals surface area contributed by atoms with Gasteiger partial charge in [0.2, 0.25) is 16.0 Å². The minimum atomic E-state index is -3.98. The van der Waals surface area contributed by atoms with Gasteiger partial charge in [-0.1, -0.05) is 30.3 Å². The van der Waals surface area contributed by atoms with Gasteiger partial charge in [0.15, 0.2) is 17.0 Å². The molecule has 3 fully saturated rings. The van der Waals surface area contributed by atoms with E-state index in [9.17, 15) is 43.2 Å². The minimum Gasteiger partial charge on any atom is -0.508 e. The second kappa shape index (κ2) is 15.9. The maximum Gasteiger partial charge on any atom is 0.325 e. The Hall–Kier alpha value is -6.55. The van der Waals surface area contributed by atoms with E-state index in [4.69, 9.17) is 15.1 Å². The highest BCUT2D eigenvalue weighted by molar-refractivity contribution is 7.89. The van der Waals surface area contributed by atoms with Crippen LogP contribution < -0.4 is 31.3 Å². The van der Waals surface area contributed by atoms with Crippen molar-refractivity contribution in [2.45, 2.75) is 67.0 Å². The molecule has 314 valence electrons. The van der Waals surface area contributed by atoms with Crippen LogP contribution in [0.15, 0.2) is 84.0 Å². The number of phenolic OH excluding ortho intramolecular Hbond substituents is 2. The summed E-state index contributed by atoms with van der Waals surface area (Å²) in [5, 5.41) is 59.4. The first kappa shape index (κ1) is 40.2. The molecule has 3 aromatic carbocycles. The largest absolute Gasteiger partial charge is 0.508 e. The standard InChI is InChI=1S/C39H43N11O9S/c1-20-36(55)50(39(57)43-20)30-16-29(32(53)33(30)54)49-19-42-31-34(41-17-28(21-5-9-25(51)10-6-21)22-7-11-26(52)12-8-22)46-37(47-35(31)49)48-14-13-24(18-48)45-38(56)44-23-3-2-4-27(15-23)60(40,58)59/h2-12,15,19-20,24,28-30,32-33,51-54H,13-14,16-18H2,1H3,(H,43,57)(H2,40,58,59)(H,41,46,47)(H2,44,45,56)/t20-,24+,29+,30-,32-,33+/m0/s1. The minimum absolute atomic E-state index is 0.0104. The number of sulfonamides is 1. The van der Waals surface area contributed by atoms with Crippen molar-refractivity contribution in [2.24, 2.45) is 5.14 Å². The molecule has 0 spiro atoms. The van der Waals surface area contributed by atoms with Crippen molar-refractivity contribution in [3.63, 3.8) is 0 Å². The molecule has 8 rings (SSSR count). The number of amides is 5. The molecule has 60 heavy (non-hydrogen) atoms. The molecule has 0 bridgehead atoms. The van der Waals surface area contributed by atoms with Crippen LogP contribution in [0.5, 0.6) is 11.5 Å². The normalized spacial score (nSPS) is 23.1. The number of hydrogen-bond donors (Lipinski definition) is 9. The SMILES string of the molecule is C[C@@H]1NC(=O)N([C@H]2C[C@@H](n3cnc4c(NCC(c5ccc(O)cc5)c5ccc(O)cc5)nc(N5CC[C@@H](NC(=O)Nc6cccc(S(N)(=O)=O)c6)C5)nc43)[C@H](O)[C@@H]2O)C1=O. The molecule has 21 heteroatoms. The van der Waals surface area contributed by atoms with E-state index in [2.05, 4.69) is 26.3 Å². The number of carbonyl (C=O) groups excluding carboxylic acids is 3. The van der Waals surface area contributed by atoms with Gasteiger partial charge in [0.25, 0.3) is 5.91 Å². The van der Waals surface area contributed by atoms with Crippen molar-refractivity contribution in [1.82, 2.24) is 35.1 Å². The molecule has 20 nitrogen and oxygen atoms in total. The molecule has 2 saturated heterocycles. The fourth-order valence-corrected chi connectivity index (χ4v) is 8.63. The van der Waals surface area contributed by atoms with Gasteiger partial charge in [-0.05, 0) is 73.4 Å². The zero-order chi connectivity index (χ0) is 42.5. The van der Waals surface area contributed by atoms with Gasteiger partial charge in [0.05, 0.1) is 23.3 Å². The smallest absolute Gasteiger partial charge is 0.325 e. The number of urea groups is 2. The average Bonchev–Trinajstić information content (AvgIpc) is 3.98. The average molecular weight is 842 g/mol. The number of hydrogen-bond acceptors (Lipinski definition) is 14. The zero-order valence-electron chi connectivity index (χ0n) is 32.1. The van der Waals surface area contributed by atoms with E-state index in [1.165, 1.54) is 30.6 Å². The van der Waals surface area contributed by atoms with Crippen molar-refractivity contribution < 1.29 is 43.2 Å². The van der Waals surface area contributed by atoms with Crippen molar-refractivity contribution >= 4 is 56.6 Å². The third kappa shape index (κ3) is 7.94. The van der Waals surface area contributed by atoms with Gasteiger partial charge < -0.3 is 51.2 Å². The number of anilines is 3. The van der Waals surface area contributed by atoms with E-state index in [1.807, 2.05) is 4.90 Å². The molecule has 4 heterocycles. The number of carbonyl (C=O) groups is 3. The molecule has 10 N–H and O–H groups in total. The number of nitrogens with zero attached hydrogens (tertiary/aromatic N) is 6. The summed E-state index contributed by atoms with van der Waals surface area (Å²) >= 11 is 0. The topological polar surface area (TPSA) is 290 Å². The van der Waals surface area contributed by atoms with Gasteiger partial charge in [-0.15, -0.1) is 0 Å². The number of aliphatic hydroxyl groups excluding tert-OH is 2. The van der Waals surface area contributed by atoms with Gasteiger partial charge >= 0.3 is 12.1 Å². The molecule has 0 radical (unpaired) electrons. The van der Waals surface area contributed by atoms with Gasteiger partial charge in [-0.25, -0.2) is 28.1 Å². The van der Waals surface area contributed by atoms with E-state index in [-0.39, 0.29) is 59.5 Å². The highest BCUT2D eigenvalue weighted by atomic mass is 32.2. The van der Waals surface area contributed by atoms with Gasteiger partial charge in [0.1, 0.15) is 29.7 Å². The molecule has 6 atom stereocenters. The molecule has 2 aromatic heterocycles. The van der Waals surface area contributed by atoms with Crippen molar-refractivity contribution in [1.29, 1.82) is 0 Å². The Morgan fingerprint density at radius 2 is 1.63 bits per heavy atom. The van der Waals surface area contributed by atoms with Gasteiger partial charge in [0, 0.05) is 37.3 Å². The Labute approximate surface area is 343 Å². The van der Waals surface area contributed by atoms with E-state index in [1.54, 1.807) is 60.0 Å². The predicted octanol–water partition coefficient (Wildman–Crippen LogP) is 1.50. The number of phenols is 2. The van der Waals surface area contributed by atoms with Crippen LogP contribution in [0.3, 0.4) is 0 Å². The third-order valence-corrected chi connectivity index (χ3v) is 12.1. The number of benzene rings is 3. The number of fused-ring (bicyclic) bond motifs is 1. The number of nitrogens with two attached hydrogens (primary N) is 1. The molecule has 5 amide bonds. The number of imide groups is 1. The van der Waals surface area contributed by atoms with Gasteiger partial charge in [-0.2, -0.15) is 9.97 Å². The molecule has 5 aromatic rings. The lowest BCUT2D eigenvalue weighted by Crippen LogP contribution is -2.47. The highest BCUT2D eigenvalue weighted by Crippen LogP contribution is 2.38. The molecule has 0 unspecified atom stereocenters. The molecule has 2 aliphatic heterocycles. The Morgan fingerprint density at radius 3 is 2.27 bits per heavy atom. The van der Waals surface area contributed by atoms with E-state index < -0.39 is 58.3 Å². The van der Waals surface area contributed by atoms with Gasteiger partial charge in [-0.3, -0.25) is 9.69 Å².